The molecule has 0 spiro atoms. The van der Waals surface area contributed by atoms with Gasteiger partial charge in [0.15, 0.2) is 5.82 Å². The number of aromatic nitrogens is 3. The van der Waals surface area contributed by atoms with Gasteiger partial charge in [0.2, 0.25) is 11.1 Å². The van der Waals surface area contributed by atoms with Crippen molar-refractivity contribution in [1.82, 2.24) is 14.8 Å². The summed E-state index contributed by atoms with van der Waals surface area (Å²) in [5.41, 5.74) is 2.23. The van der Waals surface area contributed by atoms with Crippen LogP contribution in [-0.2, 0) is 4.79 Å². The van der Waals surface area contributed by atoms with Crippen molar-refractivity contribution in [1.29, 1.82) is 0 Å². The zero-order valence-corrected chi connectivity index (χ0v) is 17.2. The fourth-order valence-electron chi connectivity index (χ4n) is 2.78. The average Bonchev–Trinajstić information content (AvgIpc) is 3.21. The summed E-state index contributed by atoms with van der Waals surface area (Å²) in [6.07, 6.45) is 0. The van der Waals surface area contributed by atoms with Crippen LogP contribution in [0.15, 0.2) is 84.0 Å². The molecule has 0 aliphatic carbocycles. The molecule has 0 bridgehead atoms. The van der Waals surface area contributed by atoms with E-state index in [0.29, 0.717) is 16.7 Å². The van der Waals surface area contributed by atoms with Gasteiger partial charge in [-0.1, -0.05) is 71.9 Å². The first-order valence-electron chi connectivity index (χ1n) is 9.06. The van der Waals surface area contributed by atoms with E-state index in [4.69, 9.17) is 11.6 Å². The van der Waals surface area contributed by atoms with Gasteiger partial charge in [0.25, 0.3) is 0 Å². The van der Waals surface area contributed by atoms with Crippen LogP contribution in [0.25, 0.3) is 17.1 Å². The lowest BCUT2D eigenvalue weighted by molar-refractivity contribution is -0.113. The first-order valence-corrected chi connectivity index (χ1v) is 10.4. The molecular formula is C22H16ClFN4OS. The van der Waals surface area contributed by atoms with E-state index in [0.717, 1.165) is 11.3 Å². The molecule has 0 radical (unpaired) electrons. The molecule has 4 rings (SSSR count). The molecule has 30 heavy (non-hydrogen) atoms. The summed E-state index contributed by atoms with van der Waals surface area (Å²) >= 11 is 6.97. The number of carbonyl (C=O) groups is 1. The monoisotopic (exact) mass is 438 g/mol. The molecule has 1 amide bonds. The lowest BCUT2D eigenvalue weighted by Crippen LogP contribution is -2.14. The Labute approximate surface area is 181 Å². The lowest BCUT2D eigenvalue weighted by Gasteiger charge is -2.05. The highest BCUT2D eigenvalue weighted by Crippen LogP contribution is 2.25. The van der Waals surface area contributed by atoms with Crippen molar-refractivity contribution in [3.8, 4) is 17.1 Å². The summed E-state index contributed by atoms with van der Waals surface area (Å²) in [6, 6.07) is 23.5. The second-order valence-electron chi connectivity index (χ2n) is 6.30. The number of carbonyl (C=O) groups excluding carboxylic acids is 1. The van der Waals surface area contributed by atoms with Crippen molar-refractivity contribution in [2.45, 2.75) is 5.16 Å². The van der Waals surface area contributed by atoms with Crippen LogP contribution in [0.4, 0.5) is 10.1 Å². The summed E-state index contributed by atoms with van der Waals surface area (Å²) in [6.45, 7) is 0. The fourth-order valence-corrected chi connectivity index (χ4v) is 3.58. The van der Waals surface area contributed by atoms with Crippen LogP contribution in [-0.4, -0.2) is 26.4 Å². The van der Waals surface area contributed by atoms with Gasteiger partial charge < -0.3 is 5.32 Å². The average molecular weight is 439 g/mol. The molecule has 1 N–H and O–H groups in total. The smallest absolute Gasteiger partial charge is 0.234 e. The standard InChI is InChI=1S/C22H16ClFN4OS/c23-18-13-16(11-12-19(18)24)25-20(29)14-30-22-26-21(15-7-3-1-4-8-15)28(27-22)17-9-5-2-6-10-17/h1-13H,14H2,(H,25,29). The summed E-state index contributed by atoms with van der Waals surface area (Å²) in [4.78, 5) is 16.9. The van der Waals surface area contributed by atoms with Crippen LogP contribution < -0.4 is 5.32 Å². The zero-order valence-electron chi connectivity index (χ0n) is 15.6. The molecular weight excluding hydrogens is 423 g/mol. The van der Waals surface area contributed by atoms with E-state index >= 15 is 0 Å². The van der Waals surface area contributed by atoms with E-state index < -0.39 is 5.82 Å². The van der Waals surface area contributed by atoms with Gasteiger partial charge in [-0.25, -0.2) is 14.1 Å². The van der Waals surface area contributed by atoms with Crippen molar-refractivity contribution in [2.75, 3.05) is 11.1 Å². The molecule has 8 heteroatoms. The Morgan fingerprint density at radius 2 is 1.73 bits per heavy atom. The molecule has 0 fully saturated rings. The molecule has 150 valence electrons. The van der Waals surface area contributed by atoms with Crippen LogP contribution in [0, 0.1) is 5.82 Å². The lowest BCUT2D eigenvalue weighted by atomic mass is 10.2. The van der Waals surface area contributed by atoms with Crippen LogP contribution in [0.5, 0.6) is 0 Å². The number of hydrogen-bond donors (Lipinski definition) is 1. The van der Waals surface area contributed by atoms with Crippen molar-refractivity contribution in [3.63, 3.8) is 0 Å². The summed E-state index contributed by atoms with van der Waals surface area (Å²) in [5.74, 6) is -0.00896. The van der Waals surface area contributed by atoms with Crippen LogP contribution in [0.3, 0.4) is 0 Å². The Hall–Kier alpha value is -3.16. The number of para-hydroxylation sites is 1. The quantitative estimate of drug-likeness (QED) is 0.406. The Bertz CT molecular complexity index is 1110. The SMILES string of the molecule is O=C(CSc1nc(-c2ccccc2)n(-c2ccccc2)n1)Nc1ccc(F)c(Cl)c1. The number of benzene rings is 3. The maximum absolute atomic E-state index is 13.3. The molecule has 1 aromatic heterocycles. The number of thioether (sulfide) groups is 1. The molecule has 0 atom stereocenters. The van der Waals surface area contributed by atoms with Crippen molar-refractivity contribution in [3.05, 3.63) is 89.7 Å². The summed E-state index contributed by atoms with van der Waals surface area (Å²) in [7, 11) is 0. The molecule has 3 aromatic carbocycles. The van der Waals surface area contributed by atoms with E-state index in [-0.39, 0.29) is 16.7 Å². The van der Waals surface area contributed by atoms with Crippen molar-refractivity contribution < 1.29 is 9.18 Å². The molecule has 0 saturated heterocycles. The largest absolute Gasteiger partial charge is 0.325 e. The predicted octanol–water partition coefficient (Wildman–Crippen LogP) is 5.46. The Morgan fingerprint density at radius 1 is 1.03 bits per heavy atom. The van der Waals surface area contributed by atoms with Crippen molar-refractivity contribution >= 4 is 35.0 Å². The number of anilines is 1. The first-order chi connectivity index (χ1) is 14.6. The second-order valence-corrected chi connectivity index (χ2v) is 7.65. The van der Waals surface area contributed by atoms with Crippen LogP contribution in [0.2, 0.25) is 5.02 Å². The third kappa shape index (κ3) is 4.69. The highest BCUT2D eigenvalue weighted by Gasteiger charge is 2.15. The number of hydrogen-bond acceptors (Lipinski definition) is 4. The maximum Gasteiger partial charge on any atom is 0.234 e. The summed E-state index contributed by atoms with van der Waals surface area (Å²) < 4.78 is 15.0. The fraction of sp³-hybridized carbons (Fsp3) is 0.0455. The topological polar surface area (TPSA) is 59.8 Å². The van der Waals surface area contributed by atoms with Gasteiger partial charge in [0.1, 0.15) is 5.82 Å². The highest BCUT2D eigenvalue weighted by atomic mass is 35.5. The number of amides is 1. The molecule has 1 heterocycles. The van der Waals surface area contributed by atoms with Gasteiger partial charge in [0, 0.05) is 11.3 Å². The van der Waals surface area contributed by atoms with Gasteiger partial charge in [-0.15, -0.1) is 5.10 Å². The van der Waals surface area contributed by atoms with Gasteiger partial charge in [-0.2, -0.15) is 0 Å². The molecule has 5 nitrogen and oxygen atoms in total. The van der Waals surface area contributed by atoms with Gasteiger partial charge in [0.05, 0.1) is 16.5 Å². The Morgan fingerprint density at radius 3 is 2.43 bits per heavy atom. The molecule has 0 aliphatic rings. The molecule has 0 saturated carbocycles. The van der Waals surface area contributed by atoms with E-state index in [1.807, 2.05) is 60.7 Å². The molecule has 0 unspecified atom stereocenters. The zero-order chi connectivity index (χ0) is 20.9. The van der Waals surface area contributed by atoms with Crippen molar-refractivity contribution in [2.24, 2.45) is 0 Å². The van der Waals surface area contributed by atoms with Gasteiger partial charge >= 0.3 is 0 Å². The third-order valence-corrected chi connectivity index (χ3v) is 5.28. The summed E-state index contributed by atoms with van der Waals surface area (Å²) in [5, 5.41) is 7.70. The normalized spacial score (nSPS) is 10.7. The Balaban J connectivity index is 1.52. The third-order valence-electron chi connectivity index (χ3n) is 4.16. The van der Waals surface area contributed by atoms with Gasteiger partial charge in [-0.3, -0.25) is 4.79 Å². The number of rotatable bonds is 6. The minimum absolute atomic E-state index is 0.0452. The minimum atomic E-state index is -0.534. The number of nitrogens with one attached hydrogen (secondary N) is 1. The van der Waals surface area contributed by atoms with Gasteiger partial charge in [-0.05, 0) is 30.3 Å². The van der Waals surface area contributed by atoms with E-state index in [1.165, 1.54) is 30.0 Å². The van der Waals surface area contributed by atoms with E-state index in [2.05, 4.69) is 15.4 Å². The van der Waals surface area contributed by atoms with E-state index in [9.17, 15) is 9.18 Å². The van der Waals surface area contributed by atoms with Crippen LogP contribution >= 0.6 is 23.4 Å². The molecule has 4 aromatic rings. The first kappa shape index (κ1) is 20.1. The maximum atomic E-state index is 13.3. The predicted molar refractivity (Wildman–Crippen MR) is 118 cm³/mol. The number of halogens is 2. The molecule has 0 aliphatic heterocycles. The second kappa shape index (κ2) is 9.11. The number of nitrogens with zero attached hydrogens (tertiary/aromatic N) is 3. The highest BCUT2D eigenvalue weighted by molar-refractivity contribution is 7.99. The van der Waals surface area contributed by atoms with Crippen LogP contribution in [0.1, 0.15) is 0 Å². The Kier molecular flexibility index (Phi) is 6.11. The minimum Gasteiger partial charge on any atom is -0.325 e. The van der Waals surface area contributed by atoms with E-state index in [1.54, 1.807) is 4.68 Å².